The Morgan fingerprint density at radius 1 is 1.45 bits per heavy atom. The fourth-order valence-corrected chi connectivity index (χ4v) is 2.54. The number of nitrogens with zero attached hydrogens (tertiary/aromatic N) is 1. The molecule has 0 spiro atoms. The number of fused-ring (bicyclic) bond motifs is 1. The van der Waals surface area contributed by atoms with Gasteiger partial charge in [0.1, 0.15) is 5.56 Å². The lowest BCUT2D eigenvalue weighted by molar-refractivity contribution is 0.0524. The number of pyridine rings is 1. The molecule has 5 nitrogen and oxygen atoms in total. The van der Waals surface area contributed by atoms with Crippen LogP contribution in [0.4, 0.5) is 0 Å². The monoisotopic (exact) mass is 386 g/mol. The van der Waals surface area contributed by atoms with Crippen LogP contribution in [0.5, 0.6) is 0 Å². The van der Waals surface area contributed by atoms with Crippen molar-refractivity contribution in [3.8, 4) is 0 Å². The molecular formula is C14H15IN2O3. The van der Waals surface area contributed by atoms with Crippen molar-refractivity contribution in [2.75, 3.05) is 13.2 Å². The average Bonchev–Trinajstić information content (AvgIpc) is 2.42. The van der Waals surface area contributed by atoms with E-state index in [4.69, 9.17) is 10.5 Å². The number of esters is 1. The highest BCUT2D eigenvalue weighted by atomic mass is 127. The van der Waals surface area contributed by atoms with Crippen molar-refractivity contribution < 1.29 is 9.53 Å². The molecule has 1 aromatic carbocycles. The fourth-order valence-electron chi connectivity index (χ4n) is 2.05. The minimum atomic E-state index is -0.593. The van der Waals surface area contributed by atoms with E-state index in [2.05, 4.69) is 22.6 Å². The largest absolute Gasteiger partial charge is 0.462 e. The molecule has 0 aliphatic heterocycles. The van der Waals surface area contributed by atoms with E-state index in [9.17, 15) is 9.59 Å². The lowest BCUT2D eigenvalue weighted by Gasteiger charge is -2.12. The van der Waals surface area contributed by atoms with Crippen LogP contribution in [-0.2, 0) is 11.3 Å². The second-order valence-electron chi connectivity index (χ2n) is 4.24. The summed E-state index contributed by atoms with van der Waals surface area (Å²) in [6, 6.07) is 5.55. The van der Waals surface area contributed by atoms with Gasteiger partial charge in [-0.15, -0.1) is 0 Å². The number of hydrogen-bond acceptors (Lipinski definition) is 4. The standard InChI is InChI=1S/C14H15IN2O3/c1-2-20-14(19)11-8-17(6-5-16)12-4-3-9(15)7-10(12)13(11)18/h3-4,7-8H,2,5-6,16H2,1H3. The van der Waals surface area contributed by atoms with Crippen LogP contribution in [0.1, 0.15) is 17.3 Å². The molecule has 0 fully saturated rings. The summed E-state index contributed by atoms with van der Waals surface area (Å²) in [6.07, 6.45) is 1.53. The topological polar surface area (TPSA) is 74.3 Å². The first-order valence-electron chi connectivity index (χ1n) is 6.28. The number of benzene rings is 1. The van der Waals surface area contributed by atoms with Crippen molar-refractivity contribution in [3.05, 3.63) is 43.8 Å². The molecular weight excluding hydrogens is 371 g/mol. The predicted octanol–water partition coefficient (Wildman–Crippen LogP) is 1.74. The Bertz CT molecular complexity index is 709. The van der Waals surface area contributed by atoms with Crippen molar-refractivity contribution in [2.45, 2.75) is 13.5 Å². The summed E-state index contributed by atoms with van der Waals surface area (Å²) in [6.45, 7) is 2.90. The Morgan fingerprint density at radius 2 is 2.20 bits per heavy atom. The molecule has 106 valence electrons. The summed E-state index contributed by atoms with van der Waals surface area (Å²) in [7, 11) is 0. The molecule has 0 bridgehead atoms. The normalized spacial score (nSPS) is 10.8. The molecule has 2 rings (SSSR count). The number of carbonyl (C=O) groups excluding carboxylic acids is 1. The van der Waals surface area contributed by atoms with Gasteiger partial charge in [-0.2, -0.15) is 0 Å². The minimum absolute atomic E-state index is 0.0507. The van der Waals surface area contributed by atoms with E-state index in [1.54, 1.807) is 13.0 Å². The summed E-state index contributed by atoms with van der Waals surface area (Å²) in [4.78, 5) is 24.3. The third-order valence-corrected chi connectivity index (χ3v) is 3.58. The number of nitrogens with two attached hydrogens (primary N) is 1. The summed E-state index contributed by atoms with van der Waals surface area (Å²) in [5.41, 5.74) is 6.11. The second-order valence-corrected chi connectivity index (χ2v) is 5.48. The van der Waals surface area contributed by atoms with Gasteiger partial charge in [0, 0.05) is 28.2 Å². The number of hydrogen-bond donors (Lipinski definition) is 1. The Kier molecular flexibility index (Phi) is 4.77. The van der Waals surface area contributed by atoms with Crippen molar-refractivity contribution in [1.82, 2.24) is 4.57 Å². The SMILES string of the molecule is CCOC(=O)c1cn(CCN)c2ccc(I)cc2c1=O. The molecule has 0 saturated heterocycles. The molecule has 1 aromatic heterocycles. The zero-order valence-corrected chi connectivity index (χ0v) is 13.2. The maximum absolute atomic E-state index is 12.4. The van der Waals surface area contributed by atoms with Crippen LogP contribution >= 0.6 is 22.6 Å². The predicted molar refractivity (Wildman–Crippen MR) is 85.9 cm³/mol. The van der Waals surface area contributed by atoms with E-state index in [0.29, 0.717) is 18.5 Å². The highest BCUT2D eigenvalue weighted by Gasteiger charge is 2.16. The molecule has 6 heteroatoms. The number of aromatic nitrogens is 1. The number of carbonyl (C=O) groups is 1. The second kappa shape index (κ2) is 6.36. The molecule has 0 atom stereocenters. The molecule has 2 aromatic rings. The van der Waals surface area contributed by atoms with Gasteiger partial charge in [0.25, 0.3) is 0 Å². The number of ether oxygens (including phenoxy) is 1. The molecule has 0 aliphatic rings. The zero-order valence-electron chi connectivity index (χ0n) is 11.1. The van der Waals surface area contributed by atoms with Gasteiger partial charge in [-0.3, -0.25) is 4.79 Å². The molecule has 0 radical (unpaired) electrons. The quantitative estimate of drug-likeness (QED) is 0.642. The number of halogens is 1. The van der Waals surface area contributed by atoms with Crippen LogP contribution < -0.4 is 11.2 Å². The Labute approximate surface area is 129 Å². The van der Waals surface area contributed by atoms with Crippen LogP contribution in [-0.4, -0.2) is 23.7 Å². The van der Waals surface area contributed by atoms with Gasteiger partial charge in [0.05, 0.1) is 12.1 Å². The third-order valence-electron chi connectivity index (χ3n) is 2.91. The van der Waals surface area contributed by atoms with E-state index in [0.717, 1.165) is 9.09 Å². The first kappa shape index (κ1) is 15.0. The average molecular weight is 386 g/mol. The van der Waals surface area contributed by atoms with Gasteiger partial charge < -0.3 is 15.0 Å². The summed E-state index contributed by atoms with van der Waals surface area (Å²) < 4.78 is 7.69. The molecule has 0 amide bonds. The lowest BCUT2D eigenvalue weighted by atomic mass is 10.1. The molecule has 1 heterocycles. The molecule has 20 heavy (non-hydrogen) atoms. The van der Waals surface area contributed by atoms with Gasteiger partial charge >= 0.3 is 5.97 Å². The third kappa shape index (κ3) is 2.85. The molecule has 0 saturated carbocycles. The molecule has 0 unspecified atom stereocenters. The van der Waals surface area contributed by atoms with Crippen LogP contribution in [0.3, 0.4) is 0 Å². The highest BCUT2D eigenvalue weighted by molar-refractivity contribution is 14.1. The fraction of sp³-hybridized carbons (Fsp3) is 0.286. The molecule has 0 aliphatic carbocycles. The maximum Gasteiger partial charge on any atom is 0.343 e. The maximum atomic E-state index is 12.4. The van der Waals surface area contributed by atoms with Gasteiger partial charge in [0.15, 0.2) is 0 Å². The Balaban J connectivity index is 2.74. The first-order chi connectivity index (χ1) is 9.58. The van der Waals surface area contributed by atoms with E-state index < -0.39 is 5.97 Å². The molecule has 2 N–H and O–H groups in total. The van der Waals surface area contributed by atoms with E-state index in [1.807, 2.05) is 16.7 Å². The van der Waals surface area contributed by atoms with Gasteiger partial charge in [-0.1, -0.05) is 0 Å². The van der Waals surface area contributed by atoms with Crippen molar-refractivity contribution >= 4 is 39.5 Å². The van der Waals surface area contributed by atoms with Crippen LogP contribution in [0.25, 0.3) is 10.9 Å². The summed E-state index contributed by atoms with van der Waals surface area (Å²) in [5.74, 6) is -0.593. The van der Waals surface area contributed by atoms with Crippen molar-refractivity contribution in [3.63, 3.8) is 0 Å². The zero-order chi connectivity index (χ0) is 14.7. The Morgan fingerprint density at radius 3 is 2.85 bits per heavy atom. The van der Waals surface area contributed by atoms with E-state index >= 15 is 0 Å². The minimum Gasteiger partial charge on any atom is -0.462 e. The van der Waals surface area contributed by atoms with E-state index in [-0.39, 0.29) is 17.6 Å². The van der Waals surface area contributed by atoms with Crippen LogP contribution in [0, 0.1) is 3.57 Å². The van der Waals surface area contributed by atoms with Gasteiger partial charge in [-0.05, 0) is 47.7 Å². The van der Waals surface area contributed by atoms with Crippen LogP contribution in [0.2, 0.25) is 0 Å². The van der Waals surface area contributed by atoms with Crippen LogP contribution in [0.15, 0.2) is 29.2 Å². The van der Waals surface area contributed by atoms with Crippen molar-refractivity contribution in [1.29, 1.82) is 0 Å². The number of rotatable bonds is 4. The first-order valence-corrected chi connectivity index (χ1v) is 7.36. The smallest absolute Gasteiger partial charge is 0.343 e. The van der Waals surface area contributed by atoms with Gasteiger partial charge in [-0.25, -0.2) is 4.79 Å². The highest BCUT2D eigenvalue weighted by Crippen LogP contribution is 2.16. The van der Waals surface area contributed by atoms with E-state index in [1.165, 1.54) is 6.20 Å². The summed E-state index contributed by atoms with van der Waals surface area (Å²) >= 11 is 2.13. The summed E-state index contributed by atoms with van der Waals surface area (Å²) in [5, 5.41) is 0.510. The van der Waals surface area contributed by atoms with Gasteiger partial charge in [0.2, 0.25) is 5.43 Å². The Hall–Kier alpha value is -1.41. The lowest BCUT2D eigenvalue weighted by Crippen LogP contribution is -2.22. The van der Waals surface area contributed by atoms with Crippen molar-refractivity contribution in [2.24, 2.45) is 5.73 Å².